The summed E-state index contributed by atoms with van der Waals surface area (Å²) in [5, 5.41) is 0. The molecule has 158 valence electrons. The third kappa shape index (κ3) is 5.31. The molecule has 30 heavy (non-hydrogen) atoms. The van der Waals surface area contributed by atoms with E-state index in [9.17, 15) is 9.59 Å². The number of thiazole rings is 1. The average molecular weight is 445 g/mol. The van der Waals surface area contributed by atoms with Gasteiger partial charge in [0.2, 0.25) is 5.91 Å². The van der Waals surface area contributed by atoms with Crippen LogP contribution in [0.1, 0.15) is 30.1 Å². The molecule has 0 spiro atoms. The summed E-state index contributed by atoms with van der Waals surface area (Å²) in [5.74, 6) is 1.17. The van der Waals surface area contributed by atoms with E-state index in [0.29, 0.717) is 23.3 Å². The van der Waals surface area contributed by atoms with E-state index < -0.39 is 0 Å². The van der Waals surface area contributed by atoms with Gasteiger partial charge in [0, 0.05) is 17.9 Å². The SMILES string of the molecule is CCn1c(=NC(=O)CCCSc2ccc(OC)cc2)sc2cc(C(=O)OC)ccc21. The molecule has 1 aromatic heterocycles. The van der Waals surface area contributed by atoms with Crippen LogP contribution in [-0.4, -0.2) is 36.4 Å². The van der Waals surface area contributed by atoms with Crippen molar-refractivity contribution < 1.29 is 19.1 Å². The second-order valence-corrected chi connectivity index (χ2v) is 8.61. The Morgan fingerprint density at radius 3 is 2.57 bits per heavy atom. The first-order valence-electron chi connectivity index (χ1n) is 9.61. The van der Waals surface area contributed by atoms with Gasteiger partial charge in [0.1, 0.15) is 5.75 Å². The van der Waals surface area contributed by atoms with Gasteiger partial charge in [-0.2, -0.15) is 4.99 Å². The van der Waals surface area contributed by atoms with Crippen LogP contribution in [-0.2, 0) is 16.1 Å². The summed E-state index contributed by atoms with van der Waals surface area (Å²) >= 11 is 3.12. The van der Waals surface area contributed by atoms with Crippen molar-refractivity contribution in [3.05, 3.63) is 52.8 Å². The molecular weight excluding hydrogens is 420 g/mol. The lowest BCUT2D eigenvalue weighted by atomic mass is 10.2. The van der Waals surface area contributed by atoms with Gasteiger partial charge in [-0.05, 0) is 61.6 Å². The number of nitrogens with zero attached hydrogens (tertiary/aromatic N) is 2. The van der Waals surface area contributed by atoms with Crippen LogP contribution >= 0.6 is 23.1 Å². The number of thioether (sulfide) groups is 1. The van der Waals surface area contributed by atoms with Crippen LogP contribution in [0.2, 0.25) is 0 Å². The van der Waals surface area contributed by atoms with Crippen LogP contribution in [0.15, 0.2) is 52.4 Å². The van der Waals surface area contributed by atoms with Crippen LogP contribution < -0.4 is 9.54 Å². The molecule has 3 rings (SSSR count). The molecule has 0 saturated heterocycles. The number of aromatic nitrogens is 1. The van der Waals surface area contributed by atoms with Crippen LogP contribution in [0.4, 0.5) is 0 Å². The Hall–Kier alpha value is -2.58. The molecule has 0 atom stereocenters. The van der Waals surface area contributed by atoms with Crippen molar-refractivity contribution in [2.75, 3.05) is 20.0 Å². The fourth-order valence-electron chi connectivity index (χ4n) is 2.96. The second kappa shape index (κ2) is 10.4. The molecule has 6 nitrogen and oxygen atoms in total. The van der Waals surface area contributed by atoms with E-state index in [0.717, 1.165) is 33.0 Å². The van der Waals surface area contributed by atoms with E-state index in [1.54, 1.807) is 31.0 Å². The Labute approximate surface area is 183 Å². The number of carbonyl (C=O) groups excluding carboxylic acids is 2. The van der Waals surface area contributed by atoms with Crippen molar-refractivity contribution in [2.45, 2.75) is 31.2 Å². The Kier molecular flexibility index (Phi) is 7.70. The standard InChI is InChI=1S/C22H24N2O4S2/c1-4-24-18-12-7-15(21(26)28-3)14-19(18)30-22(24)23-20(25)6-5-13-29-17-10-8-16(27-2)9-11-17/h7-12,14H,4-6,13H2,1-3H3. The van der Waals surface area contributed by atoms with E-state index >= 15 is 0 Å². The van der Waals surface area contributed by atoms with E-state index in [1.807, 2.05) is 41.8 Å². The Morgan fingerprint density at radius 1 is 1.13 bits per heavy atom. The maximum atomic E-state index is 12.4. The summed E-state index contributed by atoms with van der Waals surface area (Å²) < 4.78 is 12.8. The van der Waals surface area contributed by atoms with Crippen molar-refractivity contribution in [2.24, 2.45) is 4.99 Å². The van der Waals surface area contributed by atoms with E-state index in [2.05, 4.69) is 4.99 Å². The maximum absolute atomic E-state index is 12.4. The first-order valence-corrected chi connectivity index (χ1v) is 11.4. The number of carbonyl (C=O) groups is 2. The number of esters is 1. The summed E-state index contributed by atoms with van der Waals surface area (Å²) in [6, 6.07) is 13.3. The molecule has 3 aromatic rings. The zero-order valence-electron chi connectivity index (χ0n) is 17.2. The van der Waals surface area contributed by atoms with Gasteiger partial charge in [-0.1, -0.05) is 11.3 Å². The number of ether oxygens (including phenoxy) is 2. The highest BCUT2D eigenvalue weighted by molar-refractivity contribution is 7.99. The number of hydrogen-bond acceptors (Lipinski definition) is 6. The van der Waals surface area contributed by atoms with Crippen LogP contribution in [0.25, 0.3) is 10.2 Å². The quantitative estimate of drug-likeness (QED) is 0.290. The van der Waals surface area contributed by atoms with Crippen LogP contribution in [0.5, 0.6) is 5.75 Å². The molecule has 8 heteroatoms. The molecule has 1 amide bonds. The number of amides is 1. The molecule has 0 unspecified atom stereocenters. The number of rotatable bonds is 8. The van der Waals surface area contributed by atoms with Crippen molar-refractivity contribution in [1.82, 2.24) is 4.57 Å². The monoisotopic (exact) mass is 444 g/mol. The number of aryl methyl sites for hydroxylation is 1. The smallest absolute Gasteiger partial charge is 0.337 e. The van der Waals surface area contributed by atoms with Crippen molar-refractivity contribution >= 4 is 45.2 Å². The molecule has 0 aliphatic heterocycles. The third-order valence-electron chi connectivity index (χ3n) is 4.50. The van der Waals surface area contributed by atoms with Crippen LogP contribution in [0, 0.1) is 0 Å². The van der Waals surface area contributed by atoms with E-state index in [4.69, 9.17) is 9.47 Å². The van der Waals surface area contributed by atoms with Gasteiger partial charge < -0.3 is 14.0 Å². The van der Waals surface area contributed by atoms with Gasteiger partial charge >= 0.3 is 5.97 Å². The first kappa shape index (κ1) is 22.1. The second-order valence-electron chi connectivity index (χ2n) is 6.44. The van der Waals surface area contributed by atoms with Crippen molar-refractivity contribution in [3.63, 3.8) is 0 Å². The average Bonchev–Trinajstić information content (AvgIpc) is 3.12. The lowest BCUT2D eigenvalue weighted by Gasteiger charge is -2.03. The largest absolute Gasteiger partial charge is 0.497 e. The highest BCUT2D eigenvalue weighted by Crippen LogP contribution is 2.22. The molecular formula is C22H24N2O4S2. The highest BCUT2D eigenvalue weighted by atomic mass is 32.2. The fraction of sp³-hybridized carbons (Fsp3) is 0.318. The minimum Gasteiger partial charge on any atom is -0.497 e. The van der Waals surface area contributed by atoms with Gasteiger partial charge in [0.25, 0.3) is 0 Å². The molecule has 1 heterocycles. The van der Waals surface area contributed by atoms with Gasteiger partial charge in [-0.25, -0.2) is 4.79 Å². The minimum atomic E-state index is -0.378. The summed E-state index contributed by atoms with van der Waals surface area (Å²) in [4.78, 5) is 30.3. The zero-order chi connectivity index (χ0) is 21.5. The number of benzene rings is 2. The third-order valence-corrected chi connectivity index (χ3v) is 6.64. The lowest BCUT2D eigenvalue weighted by molar-refractivity contribution is -0.118. The molecule has 0 fully saturated rings. The van der Waals surface area contributed by atoms with Crippen LogP contribution in [0.3, 0.4) is 0 Å². The lowest BCUT2D eigenvalue weighted by Crippen LogP contribution is -2.15. The molecule has 2 aromatic carbocycles. The molecule has 0 aliphatic rings. The van der Waals surface area contributed by atoms with Crippen molar-refractivity contribution in [3.8, 4) is 5.75 Å². The normalized spacial score (nSPS) is 11.6. The summed E-state index contributed by atoms with van der Waals surface area (Å²) in [5.41, 5.74) is 1.44. The summed E-state index contributed by atoms with van der Waals surface area (Å²) in [6.07, 6.45) is 1.15. The molecule has 0 aliphatic carbocycles. The van der Waals surface area contributed by atoms with Gasteiger partial charge in [0.05, 0.1) is 30.0 Å². The molecule has 0 N–H and O–H groups in total. The van der Waals surface area contributed by atoms with Gasteiger partial charge in [-0.15, -0.1) is 11.8 Å². The summed E-state index contributed by atoms with van der Waals surface area (Å²) in [6.45, 7) is 2.70. The minimum absolute atomic E-state index is 0.132. The fourth-order valence-corrected chi connectivity index (χ4v) is 4.96. The Bertz CT molecular complexity index is 1100. The maximum Gasteiger partial charge on any atom is 0.337 e. The number of methoxy groups -OCH3 is 2. The first-order chi connectivity index (χ1) is 14.5. The predicted octanol–water partition coefficient (Wildman–Crippen LogP) is 4.52. The van der Waals surface area contributed by atoms with Crippen molar-refractivity contribution in [1.29, 1.82) is 0 Å². The highest BCUT2D eigenvalue weighted by Gasteiger charge is 2.11. The zero-order valence-corrected chi connectivity index (χ0v) is 18.8. The molecule has 0 bridgehead atoms. The number of hydrogen-bond donors (Lipinski definition) is 0. The van der Waals surface area contributed by atoms with E-state index in [1.165, 1.54) is 18.4 Å². The number of fused-ring (bicyclic) bond motifs is 1. The molecule has 0 radical (unpaired) electrons. The topological polar surface area (TPSA) is 69.9 Å². The van der Waals surface area contributed by atoms with E-state index in [-0.39, 0.29) is 11.9 Å². The van der Waals surface area contributed by atoms with Gasteiger partial charge in [0.15, 0.2) is 4.80 Å². The molecule has 0 saturated carbocycles. The van der Waals surface area contributed by atoms with Gasteiger partial charge in [-0.3, -0.25) is 4.79 Å². The Balaban J connectivity index is 1.65. The predicted molar refractivity (Wildman–Crippen MR) is 120 cm³/mol. The Morgan fingerprint density at radius 2 is 1.90 bits per heavy atom. The summed E-state index contributed by atoms with van der Waals surface area (Å²) in [7, 11) is 3.01.